The standard InChI is InChI=1S/C10H22N2O2/c1-11-10(14)6-8-12-7-4-2-3-5-9-13/h12-13H,2-9H2,1H3,(H,11,14). The van der Waals surface area contributed by atoms with Gasteiger partial charge >= 0.3 is 0 Å². The molecule has 0 radical (unpaired) electrons. The number of hydrogen-bond acceptors (Lipinski definition) is 3. The van der Waals surface area contributed by atoms with E-state index in [0.29, 0.717) is 13.0 Å². The van der Waals surface area contributed by atoms with Crippen molar-refractivity contribution < 1.29 is 9.90 Å². The van der Waals surface area contributed by atoms with Gasteiger partial charge < -0.3 is 15.7 Å². The Bertz CT molecular complexity index is 140. The quantitative estimate of drug-likeness (QED) is 0.470. The van der Waals surface area contributed by atoms with Gasteiger partial charge in [-0.05, 0) is 19.4 Å². The molecule has 0 spiro atoms. The summed E-state index contributed by atoms with van der Waals surface area (Å²) in [5.41, 5.74) is 0. The largest absolute Gasteiger partial charge is 0.396 e. The van der Waals surface area contributed by atoms with Gasteiger partial charge in [-0.2, -0.15) is 0 Å². The summed E-state index contributed by atoms with van der Waals surface area (Å²) in [4.78, 5) is 10.8. The van der Waals surface area contributed by atoms with E-state index < -0.39 is 0 Å². The summed E-state index contributed by atoms with van der Waals surface area (Å²) in [5.74, 6) is 0.0813. The van der Waals surface area contributed by atoms with E-state index in [0.717, 1.165) is 38.8 Å². The molecule has 0 aromatic rings. The molecule has 0 unspecified atom stereocenters. The maximum Gasteiger partial charge on any atom is 0.221 e. The van der Waals surface area contributed by atoms with E-state index in [4.69, 9.17) is 5.11 Å². The second-order valence-electron chi connectivity index (χ2n) is 3.31. The molecule has 0 rings (SSSR count). The Balaban J connectivity index is 2.95. The molecule has 0 saturated carbocycles. The number of nitrogens with one attached hydrogen (secondary N) is 2. The summed E-state index contributed by atoms with van der Waals surface area (Å²) in [6.45, 7) is 2.01. The molecule has 4 nitrogen and oxygen atoms in total. The molecule has 0 saturated heterocycles. The van der Waals surface area contributed by atoms with E-state index in [9.17, 15) is 4.79 Å². The molecule has 0 aliphatic carbocycles. The van der Waals surface area contributed by atoms with Crippen molar-refractivity contribution in [3.8, 4) is 0 Å². The van der Waals surface area contributed by atoms with Gasteiger partial charge in [-0.3, -0.25) is 4.79 Å². The van der Waals surface area contributed by atoms with E-state index in [-0.39, 0.29) is 5.91 Å². The summed E-state index contributed by atoms with van der Waals surface area (Å²) < 4.78 is 0. The molecule has 0 heterocycles. The number of aliphatic hydroxyl groups excluding tert-OH is 1. The Hall–Kier alpha value is -0.610. The molecule has 0 atom stereocenters. The lowest BCUT2D eigenvalue weighted by molar-refractivity contribution is -0.120. The van der Waals surface area contributed by atoms with Crippen LogP contribution in [-0.2, 0) is 4.79 Å². The van der Waals surface area contributed by atoms with Crippen LogP contribution in [0, 0.1) is 0 Å². The van der Waals surface area contributed by atoms with Crippen molar-refractivity contribution in [3.63, 3.8) is 0 Å². The van der Waals surface area contributed by atoms with Crippen LogP contribution in [0.25, 0.3) is 0 Å². The van der Waals surface area contributed by atoms with Gasteiger partial charge in [0, 0.05) is 26.6 Å². The van der Waals surface area contributed by atoms with E-state index in [1.54, 1.807) is 7.05 Å². The summed E-state index contributed by atoms with van der Waals surface area (Å²) in [6, 6.07) is 0. The number of hydrogen-bond donors (Lipinski definition) is 3. The molecular formula is C10H22N2O2. The Morgan fingerprint density at radius 3 is 2.50 bits per heavy atom. The molecule has 0 bridgehead atoms. The van der Waals surface area contributed by atoms with Crippen LogP contribution in [0.4, 0.5) is 0 Å². The highest BCUT2D eigenvalue weighted by atomic mass is 16.2. The fraction of sp³-hybridized carbons (Fsp3) is 0.900. The van der Waals surface area contributed by atoms with Crippen molar-refractivity contribution >= 4 is 5.91 Å². The van der Waals surface area contributed by atoms with Gasteiger partial charge in [0.25, 0.3) is 0 Å². The van der Waals surface area contributed by atoms with Crippen LogP contribution < -0.4 is 10.6 Å². The Morgan fingerprint density at radius 1 is 1.14 bits per heavy atom. The first-order chi connectivity index (χ1) is 6.81. The van der Waals surface area contributed by atoms with Crippen molar-refractivity contribution in [3.05, 3.63) is 0 Å². The number of aliphatic hydroxyl groups is 1. The third-order valence-electron chi connectivity index (χ3n) is 2.07. The number of carbonyl (C=O) groups is 1. The summed E-state index contributed by atoms with van der Waals surface area (Å²) in [5, 5.41) is 14.3. The SMILES string of the molecule is CNC(=O)CCNCCCCCCO. The van der Waals surface area contributed by atoms with Crippen molar-refractivity contribution in [2.24, 2.45) is 0 Å². The molecule has 4 heteroatoms. The average molecular weight is 202 g/mol. The summed E-state index contributed by atoms with van der Waals surface area (Å²) in [6.07, 6.45) is 4.81. The first kappa shape index (κ1) is 13.4. The number of carbonyl (C=O) groups excluding carboxylic acids is 1. The highest BCUT2D eigenvalue weighted by Gasteiger charge is 1.95. The first-order valence-electron chi connectivity index (χ1n) is 5.33. The second-order valence-corrected chi connectivity index (χ2v) is 3.31. The molecule has 14 heavy (non-hydrogen) atoms. The van der Waals surface area contributed by atoms with E-state index >= 15 is 0 Å². The minimum atomic E-state index is 0.0813. The molecule has 84 valence electrons. The first-order valence-corrected chi connectivity index (χ1v) is 5.33. The van der Waals surface area contributed by atoms with Crippen LogP contribution in [0.3, 0.4) is 0 Å². The minimum Gasteiger partial charge on any atom is -0.396 e. The monoisotopic (exact) mass is 202 g/mol. The summed E-state index contributed by atoms with van der Waals surface area (Å²) in [7, 11) is 1.65. The van der Waals surface area contributed by atoms with Gasteiger partial charge in [0.05, 0.1) is 0 Å². The van der Waals surface area contributed by atoms with Crippen LogP contribution in [0.1, 0.15) is 32.1 Å². The predicted molar refractivity (Wildman–Crippen MR) is 57.1 cm³/mol. The van der Waals surface area contributed by atoms with Crippen LogP contribution >= 0.6 is 0 Å². The Morgan fingerprint density at radius 2 is 1.86 bits per heavy atom. The van der Waals surface area contributed by atoms with Crippen molar-refractivity contribution in [2.75, 3.05) is 26.7 Å². The Labute approximate surface area is 86.1 Å². The highest BCUT2D eigenvalue weighted by Crippen LogP contribution is 1.97. The third-order valence-corrected chi connectivity index (χ3v) is 2.07. The van der Waals surface area contributed by atoms with Gasteiger partial charge in [-0.25, -0.2) is 0 Å². The third kappa shape index (κ3) is 9.48. The molecule has 0 fully saturated rings. The fourth-order valence-corrected chi connectivity index (χ4v) is 1.17. The zero-order valence-electron chi connectivity index (χ0n) is 9.01. The lowest BCUT2D eigenvalue weighted by Crippen LogP contribution is -2.25. The van der Waals surface area contributed by atoms with Gasteiger partial charge in [-0.1, -0.05) is 12.8 Å². The lowest BCUT2D eigenvalue weighted by Gasteiger charge is -2.03. The van der Waals surface area contributed by atoms with Crippen molar-refractivity contribution in [2.45, 2.75) is 32.1 Å². The van der Waals surface area contributed by atoms with Crippen LogP contribution in [0.5, 0.6) is 0 Å². The van der Waals surface area contributed by atoms with Crippen LogP contribution in [0.2, 0.25) is 0 Å². The molecule has 3 N–H and O–H groups in total. The van der Waals surface area contributed by atoms with Crippen molar-refractivity contribution in [1.29, 1.82) is 0 Å². The molecule has 1 amide bonds. The maximum atomic E-state index is 10.8. The van der Waals surface area contributed by atoms with Crippen LogP contribution in [0.15, 0.2) is 0 Å². The van der Waals surface area contributed by atoms with E-state index in [1.165, 1.54) is 0 Å². The zero-order chi connectivity index (χ0) is 10.6. The van der Waals surface area contributed by atoms with Crippen molar-refractivity contribution in [1.82, 2.24) is 10.6 Å². The lowest BCUT2D eigenvalue weighted by atomic mass is 10.2. The topological polar surface area (TPSA) is 61.4 Å². The highest BCUT2D eigenvalue weighted by molar-refractivity contribution is 5.75. The average Bonchev–Trinajstić information content (AvgIpc) is 2.21. The van der Waals surface area contributed by atoms with E-state index in [1.807, 2.05) is 0 Å². The zero-order valence-corrected chi connectivity index (χ0v) is 9.01. The predicted octanol–water partition coefficient (Wildman–Crippen LogP) is 0.265. The maximum absolute atomic E-state index is 10.8. The number of amides is 1. The number of unbranched alkanes of at least 4 members (excludes halogenated alkanes) is 3. The molecule has 0 aliphatic rings. The second kappa shape index (κ2) is 10.5. The summed E-state index contributed by atoms with van der Waals surface area (Å²) >= 11 is 0. The van der Waals surface area contributed by atoms with Gasteiger partial charge in [0.1, 0.15) is 0 Å². The molecule has 0 aromatic heterocycles. The minimum absolute atomic E-state index is 0.0813. The molecule has 0 aliphatic heterocycles. The molecule has 0 aromatic carbocycles. The van der Waals surface area contributed by atoms with Gasteiger partial charge in [-0.15, -0.1) is 0 Å². The Kier molecular flexibility index (Phi) is 10.0. The smallest absolute Gasteiger partial charge is 0.221 e. The van der Waals surface area contributed by atoms with Crippen LogP contribution in [-0.4, -0.2) is 37.8 Å². The van der Waals surface area contributed by atoms with E-state index in [2.05, 4.69) is 10.6 Å². The van der Waals surface area contributed by atoms with Gasteiger partial charge in [0.15, 0.2) is 0 Å². The molecular weight excluding hydrogens is 180 g/mol. The fourth-order valence-electron chi connectivity index (χ4n) is 1.17. The van der Waals surface area contributed by atoms with Gasteiger partial charge in [0.2, 0.25) is 5.91 Å². The number of rotatable bonds is 9. The normalized spacial score (nSPS) is 10.1.